The first-order valence-electron chi connectivity index (χ1n) is 11.7. The van der Waals surface area contributed by atoms with Gasteiger partial charge in [-0.15, -0.1) is 12.4 Å². The number of pyridine rings is 1. The molecule has 0 radical (unpaired) electrons. The number of hydrogen-bond acceptors (Lipinski definition) is 8. The van der Waals surface area contributed by atoms with Crippen LogP contribution in [0.3, 0.4) is 0 Å². The zero-order valence-corrected chi connectivity index (χ0v) is 21.2. The third kappa shape index (κ3) is 5.65. The van der Waals surface area contributed by atoms with E-state index in [0.717, 1.165) is 25.1 Å². The van der Waals surface area contributed by atoms with Crippen molar-refractivity contribution in [2.24, 2.45) is 5.73 Å². The molecular weight excluding hydrogens is 521 g/mol. The quantitative estimate of drug-likeness (QED) is 0.332. The van der Waals surface area contributed by atoms with E-state index in [9.17, 15) is 13.2 Å². The van der Waals surface area contributed by atoms with E-state index in [2.05, 4.69) is 30.3 Å². The third-order valence-corrected chi connectivity index (χ3v) is 6.12. The zero-order valence-electron chi connectivity index (χ0n) is 20.4. The minimum Gasteiger partial charge on any atom is -0.496 e. The summed E-state index contributed by atoms with van der Waals surface area (Å²) in [6.45, 7) is -1.36. The Hall–Kier alpha value is -3.90. The van der Waals surface area contributed by atoms with Gasteiger partial charge in [-0.3, -0.25) is 0 Å². The van der Waals surface area contributed by atoms with E-state index in [1.165, 1.54) is 31.8 Å². The Morgan fingerprint density at radius 2 is 2.00 bits per heavy atom. The number of methoxy groups -OCH3 is 1. The molecule has 1 aliphatic rings. The summed E-state index contributed by atoms with van der Waals surface area (Å²) in [5.74, 6) is 0.810. The number of nitrogens with zero attached hydrogens (tertiary/aromatic N) is 6. The fourth-order valence-corrected chi connectivity index (χ4v) is 4.38. The van der Waals surface area contributed by atoms with Crippen molar-refractivity contribution in [2.75, 3.05) is 30.4 Å². The van der Waals surface area contributed by atoms with E-state index in [4.69, 9.17) is 10.5 Å². The Balaban J connectivity index is 0.00000336. The van der Waals surface area contributed by atoms with Crippen molar-refractivity contribution in [3.05, 3.63) is 60.9 Å². The van der Waals surface area contributed by atoms with Crippen molar-refractivity contribution in [3.8, 4) is 28.3 Å². The molecule has 0 aliphatic carbocycles. The Labute approximate surface area is 223 Å². The van der Waals surface area contributed by atoms with Gasteiger partial charge in [-0.25, -0.2) is 24.0 Å². The highest BCUT2D eigenvalue weighted by atomic mass is 35.5. The van der Waals surface area contributed by atoms with Crippen LogP contribution in [0.4, 0.5) is 30.5 Å². The number of hydrogen-bond donors (Lipinski definition) is 2. The van der Waals surface area contributed by atoms with Crippen molar-refractivity contribution in [1.82, 2.24) is 24.7 Å². The van der Waals surface area contributed by atoms with Crippen LogP contribution in [0.25, 0.3) is 22.5 Å². The lowest BCUT2D eigenvalue weighted by Gasteiger charge is -2.34. The summed E-state index contributed by atoms with van der Waals surface area (Å²) in [4.78, 5) is 15.3. The van der Waals surface area contributed by atoms with Crippen LogP contribution < -0.4 is 20.7 Å². The summed E-state index contributed by atoms with van der Waals surface area (Å²) in [5.41, 5.74) is 8.33. The van der Waals surface area contributed by atoms with E-state index in [0.29, 0.717) is 39.7 Å². The van der Waals surface area contributed by atoms with Crippen LogP contribution in [-0.2, 0) is 0 Å². The molecule has 9 nitrogen and oxygen atoms in total. The lowest BCUT2D eigenvalue weighted by molar-refractivity contribution is 0.0566. The Kier molecular flexibility index (Phi) is 8.32. The standard InChI is InChI=1S/C25H25F3N8O.ClH/c1-37-20-6-2-5-18(26)23(20)24-30-8-7-21(34-24)33-22-10-19(35-9-3-4-16(29)14-35)17(12-31-22)15-11-32-36(13-15)25(27)28;/h2,5-8,10-13,16,25H,3-4,9,14,29H2,1H3,(H,30,31,33,34);1H/t16-;/m0./s1. The number of nitrogens with one attached hydrogen (secondary N) is 1. The summed E-state index contributed by atoms with van der Waals surface area (Å²) < 4.78 is 46.7. The van der Waals surface area contributed by atoms with Gasteiger partial charge in [0, 0.05) is 60.6 Å². The predicted octanol–water partition coefficient (Wildman–Crippen LogP) is 5.04. The molecule has 0 amide bonds. The Morgan fingerprint density at radius 1 is 1.16 bits per heavy atom. The molecule has 0 bridgehead atoms. The lowest BCUT2D eigenvalue weighted by atomic mass is 10.0. The molecule has 3 aromatic heterocycles. The third-order valence-electron chi connectivity index (χ3n) is 6.12. The fourth-order valence-electron chi connectivity index (χ4n) is 4.38. The number of anilines is 3. The molecule has 1 fully saturated rings. The molecule has 13 heteroatoms. The molecule has 0 unspecified atom stereocenters. The highest BCUT2D eigenvalue weighted by molar-refractivity contribution is 5.85. The normalized spacial score (nSPS) is 15.3. The molecule has 4 aromatic rings. The van der Waals surface area contributed by atoms with Crippen molar-refractivity contribution in [1.29, 1.82) is 0 Å². The van der Waals surface area contributed by atoms with Crippen LogP contribution in [0.1, 0.15) is 19.4 Å². The second kappa shape index (κ2) is 11.7. The van der Waals surface area contributed by atoms with Gasteiger partial charge in [0.25, 0.3) is 0 Å². The first-order valence-corrected chi connectivity index (χ1v) is 11.7. The lowest BCUT2D eigenvalue weighted by Crippen LogP contribution is -2.43. The topological polar surface area (TPSA) is 107 Å². The van der Waals surface area contributed by atoms with Crippen LogP contribution in [0.5, 0.6) is 5.75 Å². The van der Waals surface area contributed by atoms with Crippen LogP contribution in [0, 0.1) is 5.82 Å². The summed E-state index contributed by atoms with van der Waals surface area (Å²) in [5, 5.41) is 6.90. The molecular formula is C25H26ClF3N8O. The Bertz CT molecular complexity index is 1400. The van der Waals surface area contributed by atoms with Gasteiger partial charge in [0.05, 0.1) is 18.9 Å². The van der Waals surface area contributed by atoms with Gasteiger partial charge in [0.15, 0.2) is 5.82 Å². The average Bonchev–Trinajstić information content (AvgIpc) is 3.39. The largest absolute Gasteiger partial charge is 0.496 e. The highest BCUT2D eigenvalue weighted by Crippen LogP contribution is 2.35. The van der Waals surface area contributed by atoms with Crippen LogP contribution >= 0.6 is 12.4 Å². The molecule has 38 heavy (non-hydrogen) atoms. The SMILES string of the molecule is COc1cccc(F)c1-c1nccc(Nc2cc(N3CCC[C@H](N)C3)c(-c3cnn(C(F)F)c3)cn2)n1.Cl. The number of alkyl halides is 2. The van der Waals surface area contributed by atoms with E-state index < -0.39 is 12.4 Å². The van der Waals surface area contributed by atoms with E-state index in [1.807, 2.05) is 6.07 Å². The smallest absolute Gasteiger partial charge is 0.333 e. The summed E-state index contributed by atoms with van der Waals surface area (Å²) in [6, 6.07) is 7.94. The maximum Gasteiger partial charge on any atom is 0.333 e. The number of halogens is 4. The molecule has 5 rings (SSSR count). The maximum absolute atomic E-state index is 14.6. The van der Waals surface area contributed by atoms with E-state index in [-0.39, 0.29) is 29.8 Å². The number of rotatable bonds is 7. The van der Waals surface area contributed by atoms with Gasteiger partial charge in [-0.1, -0.05) is 6.07 Å². The van der Waals surface area contributed by atoms with Crippen molar-refractivity contribution >= 4 is 29.7 Å². The second-order valence-electron chi connectivity index (χ2n) is 8.63. The van der Waals surface area contributed by atoms with Gasteiger partial charge >= 0.3 is 6.55 Å². The molecule has 0 spiro atoms. The highest BCUT2D eigenvalue weighted by Gasteiger charge is 2.22. The monoisotopic (exact) mass is 546 g/mol. The summed E-state index contributed by atoms with van der Waals surface area (Å²) in [6.07, 6.45) is 7.61. The van der Waals surface area contributed by atoms with Crippen LogP contribution in [0.2, 0.25) is 0 Å². The number of piperidine rings is 1. The van der Waals surface area contributed by atoms with Gasteiger partial charge in [0.2, 0.25) is 0 Å². The second-order valence-corrected chi connectivity index (χ2v) is 8.63. The molecule has 3 N–H and O–H groups in total. The first kappa shape index (κ1) is 27.1. The number of aromatic nitrogens is 5. The molecule has 1 aromatic carbocycles. The van der Waals surface area contributed by atoms with Crippen LogP contribution in [-0.4, -0.2) is 51.0 Å². The molecule has 0 saturated carbocycles. The van der Waals surface area contributed by atoms with E-state index in [1.54, 1.807) is 24.4 Å². The number of benzene rings is 1. The molecule has 1 saturated heterocycles. The van der Waals surface area contributed by atoms with Crippen molar-refractivity contribution in [3.63, 3.8) is 0 Å². The first-order chi connectivity index (χ1) is 17.9. The van der Waals surface area contributed by atoms with Crippen molar-refractivity contribution < 1.29 is 17.9 Å². The zero-order chi connectivity index (χ0) is 25.9. The van der Waals surface area contributed by atoms with Gasteiger partial charge in [-0.05, 0) is 31.0 Å². The van der Waals surface area contributed by atoms with Gasteiger partial charge in [0.1, 0.15) is 23.2 Å². The molecule has 1 aliphatic heterocycles. The van der Waals surface area contributed by atoms with Crippen molar-refractivity contribution in [2.45, 2.75) is 25.4 Å². The minimum atomic E-state index is -2.74. The molecule has 4 heterocycles. The van der Waals surface area contributed by atoms with Crippen LogP contribution in [0.15, 0.2) is 55.1 Å². The van der Waals surface area contributed by atoms with E-state index >= 15 is 0 Å². The van der Waals surface area contributed by atoms with Gasteiger partial charge < -0.3 is 20.7 Å². The number of nitrogens with two attached hydrogens (primary N) is 1. The fraction of sp³-hybridized carbons (Fsp3) is 0.280. The molecule has 200 valence electrons. The predicted molar refractivity (Wildman–Crippen MR) is 141 cm³/mol. The number of ether oxygens (including phenoxy) is 1. The minimum absolute atomic E-state index is 0. The molecule has 1 atom stereocenters. The average molecular weight is 547 g/mol. The summed E-state index contributed by atoms with van der Waals surface area (Å²) >= 11 is 0. The Morgan fingerprint density at radius 3 is 2.74 bits per heavy atom. The maximum atomic E-state index is 14.6. The van der Waals surface area contributed by atoms with Gasteiger partial charge in [-0.2, -0.15) is 13.9 Å². The summed E-state index contributed by atoms with van der Waals surface area (Å²) in [7, 11) is 1.45.